The Labute approximate surface area is 168 Å². The van der Waals surface area contributed by atoms with Crippen LogP contribution in [-0.4, -0.2) is 61.5 Å². The summed E-state index contributed by atoms with van der Waals surface area (Å²) in [5.41, 5.74) is 0.745. The SMILES string of the molecule is COC(=O)CC[C@H](NC(=O)[C@@H](NC(=O)OCc1ccccc1)[C@@H](C)O)C(=O)OC. The summed E-state index contributed by atoms with van der Waals surface area (Å²) in [4.78, 5) is 47.6. The number of aliphatic hydroxyl groups excluding tert-OH is 1. The molecule has 0 aliphatic heterocycles. The molecule has 160 valence electrons. The fraction of sp³-hybridized carbons (Fsp3) is 0.474. The first-order valence-corrected chi connectivity index (χ1v) is 8.88. The minimum atomic E-state index is -1.39. The lowest BCUT2D eigenvalue weighted by atomic mass is 10.1. The van der Waals surface area contributed by atoms with Crippen LogP contribution in [0.3, 0.4) is 0 Å². The van der Waals surface area contributed by atoms with Gasteiger partial charge in [-0.3, -0.25) is 9.59 Å². The summed E-state index contributed by atoms with van der Waals surface area (Å²) >= 11 is 0. The first kappa shape index (κ1) is 23.9. The number of amides is 2. The lowest BCUT2D eigenvalue weighted by Gasteiger charge is -2.23. The van der Waals surface area contributed by atoms with E-state index < -0.39 is 42.1 Å². The summed E-state index contributed by atoms with van der Waals surface area (Å²) in [5, 5.41) is 14.5. The van der Waals surface area contributed by atoms with Gasteiger partial charge in [0.1, 0.15) is 18.7 Å². The molecule has 1 rings (SSSR count). The van der Waals surface area contributed by atoms with Crippen LogP contribution in [0.25, 0.3) is 0 Å². The minimum absolute atomic E-state index is 0.0231. The quantitative estimate of drug-likeness (QED) is 0.369. The lowest BCUT2D eigenvalue weighted by Crippen LogP contribution is -2.56. The van der Waals surface area contributed by atoms with Crippen LogP contribution in [0.15, 0.2) is 30.3 Å². The highest BCUT2D eigenvalue weighted by atomic mass is 16.5. The molecule has 0 saturated carbocycles. The average Bonchev–Trinajstić information content (AvgIpc) is 2.72. The largest absolute Gasteiger partial charge is 0.469 e. The van der Waals surface area contributed by atoms with E-state index in [0.29, 0.717) is 0 Å². The second kappa shape index (κ2) is 12.3. The van der Waals surface area contributed by atoms with E-state index in [0.717, 1.165) is 12.7 Å². The molecule has 0 saturated heterocycles. The van der Waals surface area contributed by atoms with Gasteiger partial charge in [-0.05, 0) is 18.9 Å². The maximum atomic E-state index is 12.5. The molecular weight excluding hydrogens is 384 g/mol. The zero-order valence-electron chi connectivity index (χ0n) is 16.5. The van der Waals surface area contributed by atoms with Crippen LogP contribution in [0, 0.1) is 0 Å². The maximum Gasteiger partial charge on any atom is 0.408 e. The van der Waals surface area contributed by atoms with Gasteiger partial charge in [-0.25, -0.2) is 9.59 Å². The van der Waals surface area contributed by atoms with Gasteiger partial charge in [-0.1, -0.05) is 30.3 Å². The number of rotatable bonds is 10. The van der Waals surface area contributed by atoms with Crippen molar-refractivity contribution in [2.45, 2.75) is 44.6 Å². The second-order valence-corrected chi connectivity index (χ2v) is 6.12. The summed E-state index contributed by atoms with van der Waals surface area (Å²) in [6.07, 6.45) is -2.41. The Morgan fingerprint density at radius 2 is 1.69 bits per heavy atom. The van der Waals surface area contributed by atoms with Crippen molar-refractivity contribution in [3.05, 3.63) is 35.9 Å². The smallest absolute Gasteiger partial charge is 0.408 e. The molecule has 0 unspecified atom stereocenters. The average molecular weight is 410 g/mol. The Balaban J connectivity index is 2.69. The number of carbonyl (C=O) groups is 4. The maximum absolute atomic E-state index is 12.5. The Morgan fingerprint density at radius 3 is 2.24 bits per heavy atom. The molecule has 3 atom stereocenters. The van der Waals surface area contributed by atoms with Crippen LogP contribution in [-0.2, 0) is 35.2 Å². The predicted octanol–water partition coefficient (Wildman–Crippen LogP) is 0.273. The van der Waals surface area contributed by atoms with E-state index in [4.69, 9.17) is 4.74 Å². The standard InChI is InChI=1S/C19H26N2O8/c1-12(22)16(21-19(26)29-11-13-7-5-4-6-8-13)17(24)20-14(18(25)28-3)9-10-15(23)27-2/h4-8,12,14,16,22H,9-11H2,1-3H3,(H,20,24)(H,21,26)/t12-,14+,16+/m1/s1. The van der Waals surface area contributed by atoms with Crippen LogP contribution in [0.2, 0.25) is 0 Å². The fourth-order valence-corrected chi connectivity index (χ4v) is 2.31. The molecule has 10 heteroatoms. The van der Waals surface area contributed by atoms with Gasteiger partial charge in [0.2, 0.25) is 5.91 Å². The number of hydrogen-bond donors (Lipinski definition) is 3. The highest BCUT2D eigenvalue weighted by molar-refractivity contribution is 5.90. The van der Waals surface area contributed by atoms with Crippen LogP contribution in [0.4, 0.5) is 4.79 Å². The molecule has 0 aliphatic carbocycles. The topological polar surface area (TPSA) is 140 Å². The normalized spacial score (nSPS) is 13.4. The number of alkyl carbamates (subject to hydrolysis) is 1. The van der Waals surface area contributed by atoms with E-state index >= 15 is 0 Å². The fourth-order valence-electron chi connectivity index (χ4n) is 2.31. The summed E-state index contributed by atoms with van der Waals surface area (Å²) in [7, 11) is 2.33. The zero-order chi connectivity index (χ0) is 21.8. The summed E-state index contributed by atoms with van der Waals surface area (Å²) in [6.45, 7) is 1.27. The number of aliphatic hydroxyl groups is 1. The number of benzene rings is 1. The van der Waals surface area contributed by atoms with Crippen molar-refractivity contribution < 1.29 is 38.5 Å². The molecule has 0 fully saturated rings. The molecule has 0 bridgehead atoms. The molecule has 0 spiro atoms. The van der Waals surface area contributed by atoms with E-state index in [1.165, 1.54) is 14.0 Å². The van der Waals surface area contributed by atoms with Crippen LogP contribution in [0.5, 0.6) is 0 Å². The van der Waals surface area contributed by atoms with Gasteiger partial charge in [0, 0.05) is 6.42 Å². The number of carbonyl (C=O) groups excluding carboxylic acids is 4. The Hall–Kier alpha value is -3.14. The van der Waals surface area contributed by atoms with Crippen LogP contribution in [0.1, 0.15) is 25.3 Å². The molecule has 10 nitrogen and oxygen atoms in total. The van der Waals surface area contributed by atoms with Gasteiger partial charge in [0.15, 0.2) is 0 Å². The van der Waals surface area contributed by atoms with E-state index in [9.17, 15) is 24.3 Å². The molecule has 1 aromatic carbocycles. The summed E-state index contributed by atoms with van der Waals surface area (Å²) in [6, 6.07) is 6.35. The summed E-state index contributed by atoms with van der Waals surface area (Å²) in [5.74, 6) is -2.18. The van der Waals surface area contributed by atoms with Crippen molar-refractivity contribution in [2.75, 3.05) is 14.2 Å². The third-order valence-electron chi connectivity index (χ3n) is 3.92. The third kappa shape index (κ3) is 8.60. The Morgan fingerprint density at radius 1 is 1.03 bits per heavy atom. The molecule has 3 N–H and O–H groups in total. The number of esters is 2. The van der Waals surface area contributed by atoms with Crippen molar-refractivity contribution >= 4 is 23.9 Å². The Bertz CT molecular complexity index is 693. The van der Waals surface area contributed by atoms with E-state index in [2.05, 4.69) is 20.1 Å². The van der Waals surface area contributed by atoms with Crippen LogP contribution < -0.4 is 10.6 Å². The Kier molecular flexibility index (Phi) is 10.2. The molecule has 0 aliphatic rings. The molecule has 0 heterocycles. The van der Waals surface area contributed by atoms with Crippen molar-refractivity contribution in [1.82, 2.24) is 10.6 Å². The predicted molar refractivity (Wildman–Crippen MR) is 100 cm³/mol. The first-order chi connectivity index (χ1) is 13.8. The van der Waals surface area contributed by atoms with Crippen molar-refractivity contribution in [3.8, 4) is 0 Å². The number of hydrogen-bond acceptors (Lipinski definition) is 8. The van der Waals surface area contributed by atoms with Gasteiger partial charge in [0.05, 0.1) is 20.3 Å². The van der Waals surface area contributed by atoms with Crippen molar-refractivity contribution in [1.29, 1.82) is 0 Å². The molecule has 2 amide bonds. The van der Waals surface area contributed by atoms with E-state index in [-0.39, 0.29) is 19.4 Å². The number of methoxy groups -OCH3 is 2. The van der Waals surface area contributed by atoms with Crippen LogP contribution >= 0.6 is 0 Å². The van der Waals surface area contributed by atoms with Crippen molar-refractivity contribution in [2.24, 2.45) is 0 Å². The lowest BCUT2D eigenvalue weighted by molar-refractivity contribution is -0.147. The van der Waals surface area contributed by atoms with E-state index in [1.54, 1.807) is 24.3 Å². The molecule has 0 radical (unpaired) electrons. The van der Waals surface area contributed by atoms with Gasteiger partial charge < -0.3 is 30.0 Å². The monoisotopic (exact) mass is 410 g/mol. The first-order valence-electron chi connectivity index (χ1n) is 8.88. The minimum Gasteiger partial charge on any atom is -0.469 e. The molecular formula is C19H26N2O8. The number of nitrogens with one attached hydrogen (secondary N) is 2. The molecule has 29 heavy (non-hydrogen) atoms. The van der Waals surface area contributed by atoms with Crippen molar-refractivity contribution in [3.63, 3.8) is 0 Å². The van der Waals surface area contributed by atoms with Gasteiger partial charge in [-0.15, -0.1) is 0 Å². The van der Waals surface area contributed by atoms with Gasteiger partial charge in [0.25, 0.3) is 0 Å². The highest BCUT2D eigenvalue weighted by Gasteiger charge is 2.31. The third-order valence-corrected chi connectivity index (χ3v) is 3.92. The van der Waals surface area contributed by atoms with Gasteiger partial charge >= 0.3 is 18.0 Å². The highest BCUT2D eigenvalue weighted by Crippen LogP contribution is 2.05. The second-order valence-electron chi connectivity index (χ2n) is 6.12. The molecule has 0 aromatic heterocycles. The summed E-state index contributed by atoms with van der Waals surface area (Å²) < 4.78 is 14.1. The van der Waals surface area contributed by atoms with Gasteiger partial charge in [-0.2, -0.15) is 0 Å². The van der Waals surface area contributed by atoms with E-state index in [1.807, 2.05) is 6.07 Å². The molecule has 1 aromatic rings. The zero-order valence-corrected chi connectivity index (χ0v) is 16.5. The number of ether oxygens (including phenoxy) is 3.